The Morgan fingerprint density at radius 1 is 1.22 bits per heavy atom. The number of nitrogens with zero attached hydrogens (tertiary/aromatic N) is 6. The van der Waals surface area contributed by atoms with Crippen LogP contribution < -0.4 is 0 Å². The van der Waals surface area contributed by atoms with E-state index >= 15 is 0 Å². The Kier molecular flexibility index (Phi) is 5.91. The minimum absolute atomic E-state index is 0.0651. The Morgan fingerprint density at radius 3 is 2.34 bits per heavy atom. The Bertz CT molecular complexity index is 1130. The van der Waals surface area contributed by atoms with Crippen LogP contribution in [0.15, 0.2) is 21.8 Å². The van der Waals surface area contributed by atoms with Gasteiger partial charge >= 0.3 is 6.18 Å². The van der Waals surface area contributed by atoms with Gasteiger partial charge in [0.05, 0.1) is 16.4 Å². The van der Waals surface area contributed by atoms with Crippen molar-refractivity contribution in [3.8, 4) is 0 Å². The number of aromatic nitrogens is 4. The smallest absolute Gasteiger partial charge is 0.338 e. The van der Waals surface area contributed by atoms with Gasteiger partial charge in [0.25, 0.3) is 0 Å². The zero-order chi connectivity index (χ0) is 23.4. The number of aryl methyl sites for hydroxylation is 1. The molecular formula is C18H22BrF3N6O3S. The number of piperazine rings is 1. The molecule has 1 saturated carbocycles. The SMILES string of the molecule is CC(C(=O)N1CCN(S(=O)(=O)c2cnn(C)c2)CC1)n1nc(C(F)(F)F)c(Br)c1C1CC1. The van der Waals surface area contributed by atoms with Crippen molar-refractivity contribution in [2.45, 2.75) is 42.8 Å². The molecule has 0 bridgehead atoms. The van der Waals surface area contributed by atoms with Crippen LogP contribution in [-0.4, -0.2) is 69.3 Å². The number of alkyl halides is 3. The first-order chi connectivity index (χ1) is 14.9. The fraction of sp³-hybridized carbons (Fsp3) is 0.611. The summed E-state index contributed by atoms with van der Waals surface area (Å²) in [7, 11) is -2.11. The lowest BCUT2D eigenvalue weighted by atomic mass is 10.2. The summed E-state index contributed by atoms with van der Waals surface area (Å²) < 4.78 is 69.3. The van der Waals surface area contributed by atoms with E-state index in [1.807, 2.05) is 0 Å². The maximum atomic E-state index is 13.4. The molecule has 2 aliphatic rings. The number of amides is 1. The first-order valence-corrected chi connectivity index (χ1v) is 12.3. The van der Waals surface area contributed by atoms with Gasteiger partial charge in [0.15, 0.2) is 5.69 Å². The first-order valence-electron chi connectivity index (χ1n) is 10.0. The van der Waals surface area contributed by atoms with Crippen LogP contribution in [0.2, 0.25) is 0 Å². The predicted molar refractivity (Wildman–Crippen MR) is 110 cm³/mol. The predicted octanol–water partition coefficient (Wildman–Crippen LogP) is 2.37. The summed E-state index contributed by atoms with van der Waals surface area (Å²) in [5.74, 6) is -0.459. The zero-order valence-electron chi connectivity index (χ0n) is 17.4. The largest absolute Gasteiger partial charge is 0.436 e. The van der Waals surface area contributed by atoms with E-state index < -0.39 is 33.8 Å². The molecule has 32 heavy (non-hydrogen) atoms. The topological polar surface area (TPSA) is 93.3 Å². The number of hydrogen-bond donors (Lipinski definition) is 0. The van der Waals surface area contributed by atoms with Crippen molar-refractivity contribution in [1.82, 2.24) is 28.8 Å². The highest BCUT2D eigenvalue weighted by molar-refractivity contribution is 9.10. The minimum atomic E-state index is -4.64. The highest BCUT2D eigenvalue weighted by Gasteiger charge is 2.43. The lowest BCUT2D eigenvalue weighted by Gasteiger charge is -2.35. The maximum Gasteiger partial charge on any atom is 0.436 e. The highest BCUT2D eigenvalue weighted by atomic mass is 79.9. The minimum Gasteiger partial charge on any atom is -0.338 e. The summed E-state index contributed by atoms with van der Waals surface area (Å²) in [6, 6.07) is -0.945. The highest BCUT2D eigenvalue weighted by Crippen LogP contribution is 2.47. The molecule has 0 spiro atoms. The third-order valence-electron chi connectivity index (χ3n) is 5.71. The second-order valence-corrected chi connectivity index (χ2v) is 10.8. The van der Waals surface area contributed by atoms with Crippen molar-refractivity contribution < 1.29 is 26.4 Å². The van der Waals surface area contributed by atoms with Crippen LogP contribution in [0.3, 0.4) is 0 Å². The van der Waals surface area contributed by atoms with Crippen LogP contribution in [0.1, 0.15) is 43.1 Å². The summed E-state index contributed by atoms with van der Waals surface area (Å²) in [5, 5.41) is 7.62. The fourth-order valence-corrected chi connectivity index (χ4v) is 6.04. The first kappa shape index (κ1) is 23.2. The van der Waals surface area contributed by atoms with E-state index in [-0.39, 0.29) is 41.5 Å². The summed E-state index contributed by atoms with van der Waals surface area (Å²) in [4.78, 5) is 14.6. The summed E-state index contributed by atoms with van der Waals surface area (Å²) >= 11 is 3.04. The summed E-state index contributed by atoms with van der Waals surface area (Å²) in [5.41, 5.74) is -0.651. The van der Waals surface area contributed by atoms with Crippen molar-refractivity contribution in [1.29, 1.82) is 0 Å². The lowest BCUT2D eigenvalue weighted by Crippen LogP contribution is -2.51. The third-order valence-corrected chi connectivity index (χ3v) is 8.35. The molecule has 0 aromatic carbocycles. The second-order valence-electron chi connectivity index (χ2n) is 8.02. The van der Waals surface area contributed by atoms with Crippen LogP contribution in [0.4, 0.5) is 13.2 Å². The third kappa shape index (κ3) is 4.19. The Morgan fingerprint density at radius 2 is 1.84 bits per heavy atom. The Balaban J connectivity index is 1.49. The van der Waals surface area contributed by atoms with Gasteiger partial charge in [-0.25, -0.2) is 8.42 Å². The molecule has 3 heterocycles. The molecule has 1 unspecified atom stereocenters. The van der Waals surface area contributed by atoms with Gasteiger partial charge in [-0.2, -0.15) is 27.7 Å². The van der Waals surface area contributed by atoms with E-state index in [1.165, 1.54) is 37.9 Å². The molecule has 0 N–H and O–H groups in total. The number of sulfonamides is 1. The van der Waals surface area contributed by atoms with Crippen LogP contribution in [0, 0.1) is 0 Å². The van der Waals surface area contributed by atoms with Gasteiger partial charge in [0.2, 0.25) is 15.9 Å². The Hall–Kier alpha value is -1.93. The standard InChI is InChI=1S/C18H22BrF3N6O3S/c1-11(28-15(12-3-4-12)14(19)16(24-28)18(20,21)22)17(29)26-5-7-27(8-6-26)32(30,31)13-9-23-25(2)10-13/h9-12H,3-8H2,1-2H3. The fourth-order valence-electron chi connectivity index (χ4n) is 3.83. The lowest BCUT2D eigenvalue weighted by molar-refractivity contribution is -0.143. The van der Waals surface area contributed by atoms with Gasteiger partial charge in [0.1, 0.15) is 10.9 Å². The number of halogens is 4. The van der Waals surface area contributed by atoms with Gasteiger partial charge in [-0.3, -0.25) is 14.2 Å². The molecule has 2 aromatic heterocycles. The average molecular weight is 539 g/mol. The molecule has 2 aromatic rings. The molecule has 0 radical (unpaired) electrons. The van der Waals surface area contributed by atoms with Crippen LogP contribution in [-0.2, 0) is 28.0 Å². The number of carbonyl (C=O) groups is 1. The number of rotatable bonds is 5. The van der Waals surface area contributed by atoms with Crippen molar-refractivity contribution in [2.75, 3.05) is 26.2 Å². The number of carbonyl (C=O) groups excluding carboxylic acids is 1. The molecule has 176 valence electrons. The Labute approximate surface area is 191 Å². The molecule has 2 fully saturated rings. The molecule has 1 atom stereocenters. The van der Waals surface area contributed by atoms with Gasteiger partial charge in [-0.1, -0.05) is 0 Å². The van der Waals surface area contributed by atoms with Gasteiger partial charge < -0.3 is 4.90 Å². The van der Waals surface area contributed by atoms with E-state index in [2.05, 4.69) is 26.1 Å². The van der Waals surface area contributed by atoms with Gasteiger partial charge in [-0.15, -0.1) is 0 Å². The molecule has 1 aliphatic heterocycles. The van der Waals surface area contributed by atoms with Crippen LogP contribution in [0.25, 0.3) is 0 Å². The number of hydrogen-bond acceptors (Lipinski definition) is 5. The quantitative estimate of drug-likeness (QED) is 0.582. The molecule has 9 nitrogen and oxygen atoms in total. The van der Waals surface area contributed by atoms with E-state index in [4.69, 9.17) is 0 Å². The van der Waals surface area contributed by atoms with E-state index in [0.29, 0.717) is 5.69 Å². The van der Waals surface area contributed by atoms with Crippen molar-refractivity contribution >= 4 is 31.9 Å². The zero-order valence-corrected chi connectivity index (χ0v) is 19.8. The van der Waals surface area contributed by atoms with Gasteiger partial charge in [0, 0.05) is 45.3 Å². The van der Waals surface area contributed by atoms with E-state index in [1.54, 1.807) is 7.05 Å². The second kappa shape index (κ2) is 8.13. The monoisotopic (exact) mass is 538 g/mol. The van der Waals surface area contributed by atoms with E-state index in [0.717, 1.165) is 12.8 Å². The molecule has 1 amide bonds. The molecule has 1 saturated heterocycles. The maximum absolute atomic E-state index is 13.4. The summed E-state index contributed by atoms with van der Waals surface area (Å²) in [6.07, 6.45) is -0.478. The molecule has 4 rings (SSSR count). The van der Waals surface area contributed by atoms with Gasteiger partial charge in [-0.05, 0) is 35.7 Å². The average Bonchev–Trinajstić information content (AvgIpc) is 3.36. The molecule has 14 heteroatoms. The normalized spacial score (nSPS) is 19.4. The molecule has 1 aliphatic carbocycles. The van der Waals surface area contributed by atoms with Crippen molar-refractivity contribution in [2.24, 2.45) is 7.05 Å². The van der Waals surface area contributed by atoms with Crippen LogP contribution in [0.5, 0.6) is 0 Å². The van der Waals surface area contributed by atoms with Crippen molar-refractivity contribution in [3.05, 3.63) is 28.3 Å². The van der Waals surface area contributed by atoms with Crippen LogP contribution >= 0.6 is 15.9 Å². The summed E-state index contributed by atoms with van der Waals surface area (Å²) in [6.45, 7) is 1.96. The van der Waals surface area contributed by atoms with E-state index in [9.17, 15) is 26.4 Å². The molecular weight excluding hydrogens is 517 g/mol. The van der Waals surface area contributed by atoms with Crippen molar-refractivity contribution in [3.63, 3.8) is 0 Å².